The van der Waals surface area contributed by atoms with Crippen LogP contribution >= 0.6 is 11.8 Å². The van der Waals surface area contributed by atoms with E-state index in [0.717, 1.165) is 4.31 Å². The van der Waals surface area contributed by atoms with Gasteiger partial charge >= 0.3 is 6.61 Å². The predicted octanol–water partition coefficient (Wildman–Crippen LogP) is 3.80. The number of hydrogen-bond donors (Lipinski definition) is 0. The monoisotopic (exact) mass is 469 g/mol. The molecule has 0 aromatic heterocycles. The van der Waals surface area contributed by atoms with Gasteiger partial charge in [0.2, 0.25) is 10.0 Å². The van der Waals surface area contributed by atoms with Crippen LogP contribution in [0.3, 0.4) is 0 Å². The van der Waals surface area contributed by atoms with Crippen molar-refractivity contribution in [3.8, 4) is 5.75 Å². The summed E-state index contributed by atoms with van der Waals surface area (Å²) in [5.41, 5.74) is 0.566. The highest BCUT2D eigenvalue weighted by atomic mass is 32.2. The van der Waals surface area contributed by atoms with Crippen molar-refractivity contribution in [2.45, 2.75) is 23.7 Å². The zero-order chi connectivity index (χ0) is 22.8. The molecule has 7 nitrogen and oxygen atoms in total. The number of thioether (sulfide) groups is 1. The molecule has 2 aromatic carbocycles. The molecule has 0 saturated carbocycles. The number of ether oxygens (including phenoxy) is 1. The molecule has 3 rings (SSSR count). The summed E-state index contributed by atoms with van der Waals surface area (Å²) in [6, 6.07) is 11.7. The molecule has 166 valence electrons. The Morgan fingerprint density at radius 3 is 2.61 bits per heavy atom. The van der Waals surface area contributed by atoms with Gasteiger partial charge in [-0.1, -0.05) is 30.8 Å². The maximum Gasteiger partial charge on any atom is 0.387 e. The first kappa shape index (κ1) is 23.2. The summed E-state index contributed by atoms with van der Waals surface area (Å²) in [5, 5.41) is 0.453. The van der Waals surface area contributed by atoms with Gasteiger partial charge in [0.25, 0.3) is 5.91 Å². The number of carbonyl (C=O) groups is 1. The summed E-state index contributed by atoms with van der Waals surface area (Å²) >= 11 is 1.37. The van der Waals surface area contributed by atoms with E-state index in [0.29, 0.717) is 17.4 Å². The first-order chi connectivity index (χ1) is 14.6. The van der Waals surface area contributed by atoms with Gasteiger partial charge in [0.05, 0.1) is 10.6 Å². The SMILES string of the molecule is C[C@H]1CN(C(=O)c2cccc(OC(F)F)c2)C(=Nc2cccc(S(=O)(=O)N(C)C)c2)S1. The van der Waals surface area contributed by atoms with Gasteiger partial charge in [0.15, 0.2) is 5.17 Å². The van der Waals surface area contributed by atoms with Gasteiger partial charge in [-0.2, -0.15) is 8.78 Å². The third-order valence-electron chi connectivity index (χ3n) is 4.35. The van der Waals surface area contributed by atoms with Crippen molar-refractivity contribution in [1.29, 1.82) is 0 Å². The Morgan fingerprint density at radius 1 is 1.23 bits per heavy atom. The lowest BCUT2D eigenvalue weighted by atomic mass is 10.2. The Labute approximate surface area is 183 Å². The van der Waals surface area contributed by atoms with Crippen LogP contribution in [0.2, 0.25) is 0 Å². The molecule has 2 aromatic rings. The third kappa shape index (κ3) is 5.41. The highest BCUT2D eigenvalue weighted by molar-refractivity contribution is 8.14. The number of hydrogen-bond acceptors (Lipinski definition) is 6. The second-order valence-corrected chi connectivity index (χ2v) is 10.5. The highest BCUT2D eigenvalue weighted by Crippen LogP contribution is 2.31. The number of sulfonamides is 1. The maximum atomic E-state index is 13.0. The minimum Gasteiger partial charge on any atom is -0.435 e. The molecule has 0 bridgehead atoms. The van der Waals surface area contributed by atoms with Crippen LogP contribution in [0.15, 0.2) is 58.4 Å². The Bertz CT molecular complexity index is 1110. The highest BCUT2D eigenvalue weighted by Gasteiger charge is 2.32. The lowest BCUT2D eigenvalue weighted by molar-refractivity contribution is -0.0499. The molecule has 31 heavy (non-hydrogen) atoms. The number of benzene rings is 2. The van der Waals surface area contributed by atoms with Gasteiger partial charge in [-0.15, -0.1) is 0 Å². The molecular weight excluding hydrogens is 448 g/mol. The van der Waals surface area contributed by atoms with Gasteiger partial charge in [-0.25, -0.2) is 17.7 Å². The average Bonchev–Trinajstić information content (AvgIpc) is 3.07. The van der Waals surface area contributed by atoms with Crippen molar-refractivity contribution in [1.82, 2.24) is 9.21 Å². The Hall–Kier alpha value is -2.50. The zero-order valence-corrected chi connectivity index (χ0v) is 18.7. The number of amidine groups is 1. The molecule has 1 aliphatic heterocycles. The molecule has 1 heterocycles. The summed E-state index contributed by atoms with van der Waals surface area (Å²) < 4.78 is 55.2. The molecular formula is C20H21F2N3O4S2. The van der Waals surface area contributed by atoms with E-state index < -0.39 is 22.5 Å². The topological polar surface area (TPSA) is 79.3 Å². The molecule has 1 saturated heterocycles. The van der Waals surface area contributed by atoms with Crippen LogP contribution in [0.4, 0.5) is 14.5 Å². The third-order valence-corrected chi connectivity index (χ3v) is 7.23. The summed E-state index contributed by atoms with van der Waals surface area (Å²) in [6.45, 7) is -0.690. The molecule has 11 heteroatoms. The van der Waals surface area contributed by atoms with E-state index in [9.17, 15) is 22.0 Å². The summed E-state index contributed by atoms with van der Waals surface area (Å²) in [6.07, 6.45) is 0. The van der Waals surface area contributed by atoms with Gasteiger partial charge in [0.1, 0.15) is 5.75 Å². The summed E-state index contributed by atoms with van der Waals surface area (Å²) in [5.74, 6) is -0.520. The number of rotatable bonds is 6. The van der Waals surface area contributed by atoms with E-state index in [1.807, 2.05) is 6.92 Å². The van der Waals surface area contributed by atoms with Crippen LogP contribution in [0.5, 0.6) is 5.75 Å². The molecule has 0 N–H and O–H groups in total. The molecule has 0 aliphatic carbocycles. The lowest BCUT2D eigenvalue weighted by Crippen LogP contribution is -2.32. The summed E-state index contributed by atoms with van der Waals surface area (Å²) in [4.78, 5) is 19.1. The van der Waals surface area contributed by atoms with Crippen molar-refractivity contribution >= 4 is 38.5 Å². The Morgan fingerprint density at radius 2 is 1.94 bits per heavy atom. The van der Waals surface area contributed by atoms with Crippen LogP contribution in [-0.2, 0) is 10.0 Å². The van der Waals surface area contributed by atoms with Crippen molar-refractivity contribution in [2.75, 3.05) is 20.6 Å². The van der Waals surface area contributed by atoms with Gasteiger partial charge in [-0.3, -0.25) is 9.69 Å². The van der Waals surface area contributed by atoms with Crippen LogP contribution in [0.1, 0.15) is 17.3 Å². The second-order valence-electron chi connectivity index (χ2n) is 6.93. The standard InChI is InChI=1S/C20H21F2N3O4S2/c1-13-12-25(18(26)14-6-4-8-16(10-14)29-19(21)22)20(30-13)23-15-7-5-9-17(11-15)31(27,28)24(2)3/h4-11,13,19H,12H2,1-3H3/t13-/m0/s1. The first-order valence-corrected chi connectivity index (χ1v) is 11.5. The smallest absolute Gasteiger partial charge is 0.387 e. The van der Waals surface area contributed by atoms with Crippen LogP contribution in [0.25, 0.3) is 0 Å². The molecule has 0 radical (unpaired) electrons. The quantitative estimate of drug-likeness (QED) is 0.643. The van der Waals surface area contributed by atoms with Crippen molar-refractivity contribution in [3.63, 3.8) is 0 Å². The number of aliphatic imine (C=N–C) groups is 1. The van der Waals surface area contributed by atoms with Crippen molar-refractivity contribution in [3.05, 3.63) is 54.1 Å². The molecule has 0 unspecified atom stereocenters. The van der Waals surface area contributed by atoms with E-state index in [-0.39, 0.29) is 21.5 Å². The molecule has 0 spiro atoms. The van der Waals surface area contributed by atoms with E-state index >= 15 is 0 Å². The number of carbonyl (C=O) groups excluding carboxylic acids is 1. The fourth-order valence-corrected chi connectivity index (χ4v) is 4.84. The van der Waals surface area contributed by atoms with E-state index in [1.54, 1.807) is 12.1 Å². The van der Waals surface area contributed by atoms with E-state index in [2.05, 4.69) is 9.73 Å². The minimum atomic E-state index is -3.63. The van der Waals surface area contributed by atoms with Crippen molar-refractivity contribution < 1.29 is 26.7 Å². The number of alkyl halides is 2. The van der Waals surface area contributed by atoms with Crippen LogP contribution in [0, 0.1) is 0 Å². The average molecular weight is 470 g/mol. The number of halogens is 2. The maximum absolute atomic E-state index is 13.0. The van der Waals surface area contributed by atoms with Crippen LogP contribution in [-0.4, -0.2) is 61.2 Å². The predicted molar refractivity (Wildman–Crippen MR) is 116 cm³/mol. The molecule has 1 fully saturated rings. The largest absolute Gasteiger partial charge is 0.435 e. The summed E-state index contributed by atoms with van der Waals surface area (Å²) in [7, 11) is -0.751. The van der Waals surface area contributed by atoms with Crippen molar-refractivity contribution in [2.24, 2.45) is 4.99 Å². The lowest BCUT2D eigenvalue weighted by Gasteiger charge is -2.17. The van der Waals surface area contributed by atoms with Gasteiger partial charge in [-0.05, 0) is 36.4 Å². The molecule has 1 atom stereocenters. The van der Waals surface area contributed by atoms with Crippen LogP contribution < -0.4 is 4.74 Å². The fraction of sp³-hybridized carbons (Fsp3) is 0.300. The van der Waals surface area contributed by atoms with Gasteiger partial charge in [0, 0.05) is 31.5 Å². The fourth-order valence-electron chi connectivity index (χ4n) is 2.87. The number of amides is 1. The van der Waals surface area contributed by atoms with E-state index in [1.165, 1.54) is 67.2 Å². The molecule has 1 aliphatic rings. The first-order valence-electron chi connectivity index (χ1n) is 9.22. The molecule has 1 amide bonds. The van der Waals surface area contributed by atoms with Gasteiger partial charge < -0.3 is 4.74 Å². The normalized spacial score (nSPS) is 18.2. The Balaban J connectivity index is 1.92. The second kappa shape index (κ2) is 9.33. The zero-order valence-electron chi connectivity index (χ0n) is 17.0. The minimum absolute atomic E-state index is 0.0527. The van der Waals surface area contributed by atoms with E-state index in [4.69, 9.17) is 0 Å². The Kier molecular flexibility index (Phi) is 6.97. The number of nitrogens with zero attached hydrogens (tertiary/aromatic N) is 3.